The summed E-state index contributed by atoms with van der Waals surface area (Å²) in [6.07, 6.45) is 4.19. The summed E-state index contributed by atoms with van der Waals surface area (Å²) in [5.74, 6) is 0.854. The van der Waals surface area contributed by atoms with E-state index in [0.717, 1.165) is 31.0 Å². The van der Waals surface area contributed by atoms with Crippen LogP contribution in [0.25, 0.3) is 0 Å². The van der Waals surface area contributed by atoms with Crippen molar-refractivity contribution in [3.63, 3.8) is 0 Å². The van der Waals surface area contributed by atoms with Crippen LogP contribution >= 0.6 is 0 Å². The van der Waals surface area contributed by atoms with Gasteiger partial charge in [-0.05, 0) is 54.8 Å². The highest BCUT2D eigenvalue weighted by atomic mass is 16.5. The van der Waals surface area contributed by atoms with E-state index in [-0.39, 0.29) is 5.91 Å². The van der Waals surface area contributed by atoms with Crippen LogP contribution in [0.3, 0.4) is 0 Å². The van der Waals surface area contributed by atoms with Gasteiger partial charge in [0, 0.05) is 25.7 Å². The lowest BCUT2D eigenvalue weighted by Crippen LogP contribution is -2.23. The highest BCUT2D eigenvalue weighted by Crippen LogP contribution is 2.33. The molecule has 0 saturated carbocycles. The molecule has 1 aliphatic heterocycles. The number of likely N-dealkylation sites (tertiary alicyclic amines) is 1. The minimum absolute atomic E-state index is 0.0331. The van der Waals surface area contributed by atoms with Crippen LogP contribution in [0.15, 0.2) is 42.6 Å². The molecular weight excluding hydrogens is 314 g/mol. The average molecular weight is 339 g/mol. The van der Waals surface area contributed by atoms with Gasteiger partial charge >= 0.3 is 0 Å². The van der Waals surface area contributed by atoms with E-state index in [1.54, 1.807) is 7.11 Å². The molecule has 25 heavy (non-hydrogen) atoms. The smallest absolute Gasteiger partial charge is 0.217 e. The van der Waals surface area contributed by atoms with Gasteiger partial charge in [0.15, 0.2) is 0 Å². The van der Waals surface area contributed by atoms with Crippen LogP contribution in [-0.4, -0.2) is 29.4 Å². The van der Waals surface area contributed by atoms with Crippen LogP contribution in [0.1, 0.15) is 42.6 Å². The summed E-state index contributed by atoms with van der Waals surface area (Å²) in [7, 11) is 1.69. The van der Waals surface area contributed by atoms with E-state index in [0.29, 0.717) is 12.6 Å². The number of nitrogens with one attached hydrogen (secondary N) is 1. The van der Waals surface area contributed by atoms with Crippen molar-refractivity contribution in [1.82, 2.24) is 15.2 Å². The first kappa shape index (κ1) is 17.4. The van der Waals surface area contributed by atoms with Crippen LogP contribution in [0.5, 0.6) is 5.75 Å². The molecule has 2 aromatic rings. The maximum Gasteiger partial charge on any atom is 0.217 e. The number of hydrogen-bond donors (Lipinski definition) is 1. The van der Waals surface area contributed by atoms with Crippen molar-refractivity contribution >= 4 is 5.91 Å². The maximum absolute atomic E-state index is 11.1. The molecule has 1 aromatic heterocycles. The summed E-state index contributed by atoms with van der Waals surface area (Å²) in [5, 5.41) is 2.81. The molecule has 1 fully saturated rings. The molecule has 1 saturated heterocycles. The topological polar surface area (TPSA) is 54.5 Å². The second kappa shape index (κ2) is 8.12. The molecule has 0 unspecified atom stereocenters. The van der Waals surface area contributed by atoms with Crippen molar-refractivity contribution < 1.29 is 9.53 Å². The molecule has 5 heteroatoms. The zero-order chi connectivity index (χ0) is 17.6. The van der Waals surface area contributed by atoms with Gasteiger partial charge in [-0.15, -0.1) is 0 Å². The monoisotopic (exact) mass is 339 g/mol. The number of pyridine rings is 1. The molecule has 1 aromatic carbocycles. The number of carbonyl (C=O) groups excluding carboxylic acids is 1. The fourth-order valence-corrected chi connectivity index (χ4v) is 3.37. The summed E-state index contributed by atoms with van der Waals surface area (Å²) in [5.41, 5.74) is 3.48. The fraction of sp³-hybridized carbons (Fsp3) is 0.400. The highest BCUT2D eigenvalue weighted by Gasteiger charge is 2.26. The lowest BCUT2D eigenvalue weighted by molar-refractivity contribution is -0.119. The van der Waals surface area contributed by atoms with Gasteiger partial charge in [0.25, 0.3) is 0 Å². The Labute approximate surface area is 149 Å². The Morgan fingerprint density at radius 2 is 2.12 bits per heavy atom. The Kier molecular flexibility index (Phi) is 5.66. The van der Waals surface area contributed by atoms with Gasteiger partial charge in [-0.2, -0.15) is 0 Å². The van der Waals surface area contributed by atoms with Gasteiger partial charge in [0.2, 0.25) is 5.91 Å². The van der Waals surface area contributed by atoms with Crippen molar-refractivity contribution in [3.8, 4) is 5.75 Å². The van der Waals surface area contributed by atoms with Crippen LogP contribution in [0.2, 0.25) is 0 Å². The molecule has 132 valence electrons. The summed E-state index contributed by atoms with van der Waals surface area (Å²) in [6, 6.07) is 12.9. The molecule has 1 aliphatic rings. The number of ether oxygens (including phenoxy) is 1. The summed E-state index contributed by atoms with van der Waals surface area (Å²) < 4.78 is 5.23. The Morgan fingerprint density at radius 3 is 2.84 bits per heavy atom. The van der Waals surface area contributed by atoms with Crippen molar-refractivity contribution in [2.24, 2.45) is 0 Å². The van der Waals surface area contributed by atoms with Gasteiger partial charge in [0.05, 0.1) is 19.3 Å². The normalized spacial score (nSPS) is 17.4. The summed E-state index contributed by atoms with van der Waals surface area (Å²) >= 11 is 0. The van der Waals surface area contributed by atoms with Gasteiger partial charge in [-0.3, -0.25) is 14.7 Å². The van der Waals surface area contributed by atoms with Crippen LogP contribution < -0.4 is 10.1 Å². The van der Waals surface area contributed by atoms with Crippen molar-refractivity contribution in [3.05, 3.63) is 59.4 Å². The molecule has 0 aliphatic carbocycles. The summed E-state index contributed by atoms with van der Waals surface area (Å²) in [6.45, 7) is 4.03. The molecular formula is C20H25N3O2. The van der Waals surface area contributed by atoms with Crippen molar-refractivity contribution in [2.75, 3.05) is 13.7 Å². The third-order valence-corrected chi connectivity index (χ3v) is 4.65. The molecule has 5 nitrogen and oxygen atoms in total. The quantitative estimate of drug-likeness (QED) is 0.879. The van der Waals surface area contributed by atoms with E-state index in [4.69, 9.17) is 4.74 Å². The van der Waals surface area contributed by atoms with Gasteiger partial charge < -0.3 is 10.1 Å². The first-order valence-corrected chi connectivity index (χ1v) is 8.72. The lowest BCUT2D eigenvalue weighted by atomic mass is 10.0. The first-order valence-electron chi connectivity index (χ1n) is 8.72. The standard InChI is InChI=1S/C20H25N3O2/c1-15(24)22-13-18-12-17(9-10-21-18)20-4-3-11-23(20)14-16-5-7-19(25-2)8-6-16/h5-10,12,20H,3-4,11,13-14H2,1-2H3,(H,22,24)/t20-/m1/s1. The third-order valence-electron chi connectivity index (χ3n) is 4.65. The first-order chi connectivity index (χ1) is 12.2. The average Bonchev–Trinajstić information content (AvgIpc) is 3.09. The molecule has 0 spiro atoms. The van der Waals surface area contributed by atoms with Gasteiger partial charge in [-0.25, -0.2) is 0 Å². The fourth-order valence-electron chi connectivity index (χ4n) is 3.37. The number of hydrogen-bond acceptors (Lipinski definition) is 4. The number of rotatable bonds is 6. The predicted octanol–water partition coefficient (Wildman–Crippen LogP) is 3.06. The SMILES string of the molecule is COc1ccc(CN2CCC[C@@H]2c2ccnc(CNC(C)=O)c2)cc1. The van der Waals surface area contributed by atoms with Gasteiger partial charge in [-0.1, -0.05) is 12.1 Å². The van der Waals surface area contributed by atoms with E-state index in [1.165, 1.54) is 24.5 Å². The van der Waals surface area contributed by atoms with E-state index >= 15 is 0 Å². The molecule has 0 bridgehead atoms. The number of methoxy groups -OCH3 is 1. The minimum Gasteiger partial charge on any atom is -0.497 e. The van der Waals surface area contributed by atoms with Crippen molar-refractivity contribution in [1.29, 1.82) is 0 Å². The van der Waals surface area contributed by atoms with Crippen LogP contribution in [0, 0.1) is 0 Å². The van der Waals surface area contributed by atoms with E-state index in [9.17, 15) is 4.79 Å². The van der Waals surface area contributed by atoms with Crippen LogP contribution in [0.4, 0.5) is 0 Å². The number of nitrogens with zero attached hydrogens (tertiary/aromatic N) is 2. The maximum atomic E-state index is 11.1. The minimum atomic E-state index is -0.0331. The zero-order valence-corrected chi connectivity index (χ0v) is 14.9. The highest BCUT2D eigenvalue weighted by molar-refractivity contribution is 5.72. The molecule has 1 atom stereocenters. The molecule has 0 radical (unpaired) electrons. The largest absolute Gasteiger partial charge is 0.497 e. The number of benzene rings is 1. The van der Waals surface area contributed by atoms with Crippen molar-refractivity contribution in [2.45, 2.75) is 38.9 Å². The Morgan fingerprint density at radius 1 is 1.32 bits per heavy atom. The number of amides is 1. The van der Waals surface area contributed by atoms with E-state index in [2.05, 4.69) is 39.5 Å². The van der Waals surface area contributed by atoms with E-state index in [1.807, 2.05) is 18.3 Å². The Balaban J connectivity index is 1.70. The molecule has 3 rings (SSSR count). The number of aromatic nitrogens is 1. The molecule has 1 N–H and O–H groups in total. The Hall–Kier alpha value is -2.40. The van der Waals surface area contributed by atoms with Gasteiger partial charge in [0.1, 0.15) is 5.75 Å². The molecule has 2 heterocycles. The third kappa shape index (κ3) is 4.57. The van der Waals surface area contributed by atoms with Crippen LogP contribution in [-0.2, 0) is 17.9 Å². The molecule has 1 amide bonds. The predicted molar refractivity (Wildman–Crippen MR) is 97.1 cm³/mol. The Bertz CT molecular complexity index is 715. The second-order valence-corrected chi connectivity index (χ2v) is 6.47. The van der Waals surface area contributed by atoms with E-state index < -0.39 is 0 Å². The number of carbonyl (C=O) groups is 1. The lowest BCUT2D eigenvalue weighted by Gasteiger charge is -2.25. The second-order valence-electron chi connectivity index (χ2n) is 6.47. The zero-order valence-electron chi connectivity index (χ0n) is 14.9. The summed E-state index contributed by atoms with van der Waals surface area (Å²) in [4.78, 5) is 18.0.